The number of furan rings is 1. The zero-order valence-corrected chi connectivity index (χ0v) is 20.0. The quantitative estimate of drug-likeness (QED) is 0.492. The van der Waals surface area contributed by atoms with Gasteiger partial charge in [-0.2, -0.15) is 4.31 Å². The number of nitrogens with zero attached hydrogens (tertiary/aromatic N) is 4. The minimum Gasteiger partial charge on any atom is -0.460 e. The summed E-state index contributed by atoms with van der Waals surface area (Å²) in [5.41, 5.74) is 3.15. The molecule has 3 aromatic heterocycles. The van der Waals surface area contributed by atoms with E-state index in [1.165, 1.54) is 16.4 Å². The maximum absolute atomic E-state index is 13.2. The van der Waals surface area contributed by atoms with E-state index in [2.05, 4.69) is 4.98 Å². The van der Waals surface area contributed by atoms with Gasteiger partial charge in [0, 0.05) is 43.8 Å². The maximum Gasteiger partial charge on any atom is 0.374 e. The zero-order chi connectivity index (χ0) is 24.5. The molecule has 1 amide bonds. The molecule has 0 atom stereocenters. The molecule has 0 unspecified atom stereocenters. The molecule has 4 heterocycles. The van der Waals surface area contributed by atoms with E-state index < -0.39 is 16.0 Å². The lowest BCUT2D eigenvalue weighted by molar-refractivity contribution is 0.0483. The first-order valence-corrected chi connectivity index (χ1v) is 12.3. The fourth-order valence-corrected chi connectivity index (χ4v) is 5.40. The molecule has 0 radical (unpaired) electrons. The number of pyridine rings is 1. The van der Waals surface area contributed by atoms with E-state index in [1.54, 1.807) is 24.2 Å². The van der Waals surface area contributed by atoms with Gasteiger partial charge in [-0.25, -0.2) is 13.2 Å². The highest BCUT2D eigenvalue weighted by molar-refractivity contribution is 7.89. The Bertz CT molecular complexity index is 1300. The highest BCUT2D eigenvalue weighted by Crippen LogP contribution is 2.24. The van der Waals surface area contributed by atoms with Crippen LogP contribution < -0.4 is 0 Å². The van der Waals surface area contributed by atoms with Crippen LogP contribution in [-0.4, -0.2) is 71.8 Å². The average Bonchev–Trinajstić information content (AvgIpc) is 3.45. The highest BCUT2D eigenvalue weighted by Gasteiger charge is 2.34. The molecule has 11 heteroatoms. The van der Waals surface area contributed by atoms with Crippen LogP contribution in [0.15, 0.2) is 52.2 Å². The van der Waals surface area contributed by atoms with E-state index in [0.29, 0.717) is 5.56 Å². The van der Waals surface area contributed by atoms with Gasteiger partial charge in [-0.05, 0) is 51.1 Å². The minimum atomic E-state index is -3.94. The zero-order valence-electron chi connectivity index (χ0n) is 19.2. The summed E-state index contributed by atoms with van der Waals surface area (Å²) < 4.78 is 39.2. The smallest absolute Gasteiger partial charge is 0.374 e. The van der Waals surface area contributed by atoms with Gasteiger partial charge in [0.1, 0.15) is 0 Å². The molecular weight excluding hydrogens is 460 g/mol. The first-order chi connectivity index (χ1) is 16.2. The number of piperazine rings is 1. The van der Waals surface area contributed by atoms with Crippen molar-refractivity contribution in [2.75, 3.05) is 32.8 Å². The van der Waals surface area contributed by atoms with Crippen LogP contribution in [0, 0.1) is 13.8 Å². The summed E-state index contributed by atoms with van der Waals surface area (Å²) in [5, 5.41) is -0.324. The van der Waals surface area contributed by atoms with E-state index in [9.17, 15) is 18.0 Å². The van der Waals surface area contributed by atoms with Crippen LogP contribution in [0.4, 0.5) is 0 Å². The van der Waals surface area contributed by atoms with Crippen LogP contribution in [0.1, 0.15) is 39.2 Å². The molecular formula is C23H26N4O6S. The number of rotatable bonds is 6. The van der Waals surface area contributed by atoms with Gasteiger partial charge < -0.3 is 18.6 Å². The van der Waals surface area contributed by atoms with Crippen LogP contribution in [0.5, 0.6) is 0 Å². The van der Waals surface area contributed by atoms with Crippen molar-refractivity contribution in [3.05, 3.63) is 65.4 Å². The Morgan fingerprint density at radius 2 is 1.85 bits per heavy atom. The molecule has 0 aliphatic carbocycles. The van der Waals surface area contributed by atoms with Crippen molar-refractivity contribution in [3.63, 3.8) is 0 Å². The minimum absolute atomic E-state index is 0.116. The lowest BCUT2D eigenvalue weighted by Crippen LogP contribution is -2.50. The molecule has 34 heavy (non-hydrogen) atoms. The van der Waals surface area contributed by atoms with Gasteiger partial charge in [-0.3, -0.25) is 9.78 Å². The molecule has 4 rings (SSSR count). The van der Waals surface area contributed by atoms with E-state index in [4.69, 9.17) is 9.15 Å². The SMILES string of the molecule is CCOC(=O)c1ccc(S(=O)(=O)N2CCN(C(=O)c3cc(C)n(-c4cccnc4)c3C)CC2)o1. The lowest BCUT2D eigenvalue weighted by atomic mass is 10.2. The normalized spacial score (nSPS) is 14.9. The van der Waals surface area contributed by atoms with Crippen molar-refractivity contribution in [3.8, 4) is 5.69 Å². The van der Waals surface area contributed by atoms with Crippen LogP contribution in [-0.2, 0) is 14.8 Å². The largest absolute Gasteiger partial charge is 0.460 e. The summed E-state index contributed by atoms with van der Waals surface area (Å²) in [6.45, 7) is 6.31. The Labute approximate surface area is 197 Å². The van der Waals surface area contributed by atoms with Gasteiger partial charge >= 0.3 is 5.97 Å². The molecule has 0 N–H and O–H groups in total. The fraction of sp³-hybridized carbons (Fsp3) is 0.348. The van der Waals surface area contributed by atoms with E-state index in [-0.39, 0.29) is 49.5 Å². The first-order valence-electron chi connectivity index (χ1n) is 10.9. The standard InChI is InChI=1S/C23H26N4O6S/c1-4-32-23(29)20-7-8-21(33-20)34(30,31)26-12-10-25(11-13-26)22(28)19-14-16(2)27(17(19)3)18-6-5-9-24-15-18/h5-9,14-15H,4,10-13H2,1-3H3. The summed E-state index contributed by atoms with van der Waals surface area (Å²) in [6, 6.07) is 8.12. The van der Waals surface area contributed by atoms with Gasteiger partial charge in [0.25, 0.3) is 15.9 Å². The van der Waals surface area contributed by atoms with E-state index >= 15 is 0 Å². The topological polar surface area (TPSA) is 115 Å². The number of aromatic nitrogens is 2. The molecule has 1 aliphatic rings. The molecule has 1 aliphatic heterocycles. The molecule has 0 saturated carbocycles. The average molecular weight is 487 g/mol. The second-order valence-electron chi connectivity index (χ2n) is 7.87. The van der Waals surface area contributed by atoms with E-state index in [0.717, 1.165) is 17.1 Å². The second-order valence-corrected chi connectivity index (χ2v) is 9.74. The highest BCUT2D eigenvalue weighted by atomic mass is 32.2. The summed E-state index contributed by atoms with van der Waals surface area (Å²) in [5.74, 6) is -1.04. The van der Waals surface area contributed by atoms with Gasteiger partial charge in [0.15, 0.2) is 0 Å². The Hall–Kier alpha value is -3.44. The van der Waals surface area contributed by atoms with Gasteiger partial charge in [0.2, 0.25) is 10.9 Å². The third-order valence-electron chi connectivity index (χ3n) is 5.74. The molecule has 10 nitrogen and oxygen atoms in total. The number of ether oxygens (including phenoxy) is 1. The summed E-state index contributed by atoms with van der Waals surface area (Å²) in [4.78, 5) is 30.8. The van der Waals surface area contributed by atoms with Crippen molar-refractivity contribution in [2.24, 2.45) is 0 Å². The number of hydrogen-bond acceptors (Lipinski definition) is 7. The van der Waals surface area contributed by atoms with Crippen molar-refractivity contribution < 1.29 is 27.2 Å². The molecule has 1 fully saturated rings. The van der Waals surface area contributed by atoms with Crippen LogP contribution in [0.2, 0.25) is 0 Å². The monoisotopic (exact) mass is 486 g/mol. The van der Waals surface area contributed by atoms with Gasteiger partial charge in [0.05, 0.1) is 24.1 Å². The molecule has 3 aromatic rings. The summed E-state index contributed by atoms with van der Waals surface area (Å²) in [6.07, 6.45) is 3.43. The summed E-state index contributed by atoms with van der Waals surface area (Å²) in [7, 11) is -3.94. The molecule has 0 spiro atoms. The van der Waals surface area contributed by atoms with Crippen LogP contribution >= 0.6 is 0 Å². The van der Waals surface area contributed by atoms with Crippen LogP contribution in [0.3, 0.4) is 0 Å². The number of carbonyl (C=O) groups excluding carboxylic acids is 2. The van der Waals surface area contributed by atoms with Gasteiger partial charge in [-0.1, -0.05) is 0 Å². The Kier molecular flexibility index (Phi) is 6.58. The third-order valence-corrected chi connectivity index (χ3v) is 7.52. The van der Waals surface area contributed by atoms with Gasteiger partial charge in [-0.15, -0.1) is 0 Å². The number of hydrogen-bond donors (Lipinski definition) is 0. The second kappa shape index (κ2) is 9.43. The van der Waals surface area contributed by atoms with Crippen molar-refractivity contribution >= 4 is 21.9 Å². The van der Waals surface area contributed by atoms with E-state index in [1.807, 2.05) is 36.6 Å². The molecule has 0 aromatic carbocycles. The molecule has 0 bridgehead atoms. The third kappa shape index (κ3) is 4.36. The predicted octanol–water partition coefficient (Wildman–Crippen LogP) is 2.41. The Balaban J connectivity index is 1.46. The van der Waals surface area contributed by atoms with Crippen molar-refractivity contribution in [2.45, 2.75) is 25.9 Å². The maximum atomic E-state index is 13.2. The lowest BCUT2D eigenvalue weighted by Gasteiger charge is -2.33. The van der Waals surface area contributed by atoms with Crippen LogP contribution in [0.25, 0.3) is 5.69 Å². The Morgan fingerprint density at radius 3 is 2.50 bits per heavy atom. The van der Waals surface area contributed by atoms with Crippen molar-refractivity contribution in [1.29, 1.82) is 0 Å². The first kappa shape index (κ1) is 23.7. The summed E-state index contributed by atoms with van der Waals surface area (Å²) >= 11 is 0. The predicted molar refractivity (Wildman–Crippen MR) is 122 cm³/mol. The number of esters is 1. The molecule has 180 valence electrons. The van der Waals surface area contributed by atoms with Crippen molar-refractivity contribution in [1.82, 2.24) is 18.8 Å². The number of sulfonamides is 1. The fourth-order valence-electron chi connectivity index (χ4n) is 4.06. The number of carbonyl (C=O) groups is 2. The molecule has 1 saturated heterocycles. The Morgan fingerprint density at radius 1 is 1.12 bits per heavy atom. The number of aryl methyl sites for hydroxylation is 1. The number of amides is 1.